The van der Waals surface area contributed by atoms with E-state index in [1.807, 2.05) is 0 Å². The second-order valence-corrected chi connectivity index (χ2v) is 11.1. The highest BCUT2D eigenvalue weighted by atomic mass is 28.4. The molecule has 0 aliphatic rings. The van der Waals surface area contributed by atoms with Crippen molar-refractivity contribution in [3.63, 3.8) is 0 Å². The van der Waals surface area contributed by atoms with Crippen LogP contribution in [0.1, 0.15) is 44.4 Å². The molecule has 5 nitrogen and oxygen atoms in total. The van der Waals surface area contributed by atoms with Gasteiger partial charge in [-0.2, -0.15) is 39.5 Å². The Morgan fingerprint density at radius 2 is 1.07 bits per heavy atom. The van der Waals surface area contributed by atoms with Gasteiger partial charge in [-0.15, -0.1) is 0 Å². The summed E-state index contributed by atoms with van der Waals surface area (Å²) in [5, 5.41) is 19.3. The smallest absolute Gasteiger partial charge is 0.376 e. The van der Waals surface area contributed by atoms with Crippen LogP contribution in [0, 0.1) is 6.92 Å². The number of benzene rings is 2. The molecule has 0 aliphatic carbocycles. The highest BCUT2D eigenvalue weighted by Crippen LogP contribution is 2.50. The molecule has 15 heteroatoms. The van der Waals surface area contributed by atoms with Crippen LogP contribution in [0.15, 0.2) is 48.5 Å². The zero-order valence-electron chi connectivity index (χ0n) is 22.3. The minimum absolute atomic E-state index is 0.189. The molecule has 2 aromatic rings. The number of aryl methyl sites for hydroxylation is 1. The van der Waals surface area contributed by atoms with Crippen LogP contribution in [0.3, 0.4) is 0 Å². The fourth-order valence-corrected chi connectivity index (χ4v) is 6.00. The standard InChI is InChI=1S/C15H23F3O4Si.C10H8F6O/c1-5-20-23(21-6-2,22-7-3)13-10-8-9-12(11-13)14(4,19)15(16,17)18;1-6-3-2-4-7(5-6)8(17,9(11,12)13)10(14,15)16/h8-11,19H,5-7H2,1-4H3;2-5,17H,1H3. The van der Waals surface area contributed by atoms with E-state index in [2.05, 4.69) is 0 Å². The summed E-state index contributed by atoms with van der Waals surface area (Å²) in [6, 6.07) is 9.10. The van der Waals surface area contributed by atoms with E-state index in [-0.39, 0.29) is 11.1 Å². The van der Waals surface area contributed by atoms with E-state index in [9.17, 15) is 44.6 Å². The van der Waals surface area contributed by atoms with Crippen LogP contribution >= 0.6 is 0 Å². The molecule has 0 fully saturated rings. The van der Waals surface area contributed by atoms with Gasteiger partial charge < -0.3 is 23.5 Å². The summed E-state index contributed by atoms with van der Waals surface area (Å²) in [5.41, 5.74) is -9.13. The van der Waals surface area contributed by atoms with E-state index in [1.165, 1.54) is 31.2 Å². The molecule has 1 unspecified atom stereocenters. The Labute approximate surface area is 226 Å². The van der Waals surface area contributed by atoms with Gasteiger partial charge in [0.25, 0.3) is 5.60 Å². The van der Waals surface area contributed by atoms with Crippen LogP contribution in [0.2, 0.25) is 0 Å². The summed E-state index contributed by atoms with van der Waals surface area (Å²) in [4.78, 5) is 0. The first-order chi connectivity index (χ1) is 18.1. The van der Waals surface area contributed by atoms with Crippen molar-refractivity contribution < 1.29 is 63.0 Å². The third-order valence-electron chi connectivity index (χ3n) is 5.59. The molecule has 0 heterocycles. The van der Waals surface area contributed by atoms with Crippen molar-refractivity contribution in [3.8, 4) is 0 Å². The Bertz CT molecular complexity index is 1050. The summed E-state index contributed by atoms with van der Waals surface area (Å²) in [6.07, 6.45) is -16.5. The number of alkyl halides is 9. The minimum Gasteiger partial charge on any atom is -0.376 e. The summed E-state index contributed by atoms with van der Waals surface area (Å²) in [5.74, 6) is 0. The first kappa shape index (κ1) is 35.9. The number of aliphatic hydroxyl groups is 2. The fraction of sp³-hybridized carbons (Fsp3) is 0.520. The van der Waals surface area contributed by atoms with Gasteiger partial charge in [-0.3, -0.25) is 0 Å². The highest BCUT2D eigenvalue weighted by Gasteiger charge is 2.71. The predicted octanol–water partition coefficient (Wildman–Crippen LogP) is 6.02. The SMILES string of the molecule is CCO[Si](OCC)(OCC)c1cccc(C(C)(O)C(F)(F)F)c1.Cc1cccc(C(O)(C(F)(F)F)C(F)(F)F)c1. The Morgan fingerprint density at radius 1 is 0.650 bits per heavy atom. The summed E-state index contributed by atoms with van der Waals surface area (Å²) >= 11 is 0. The second-order valence-electron chi connectivity index (χ2n) is 8.58. The molecule has 228 valence electrons. The van der Waals surface area contributed by atoms with Gasteiger partial charge in [0.2, 0.25) is 0 Å². The molecular weight excluding hydrogens is 579 g/mol. The molecule has 0 radical (unpaired) electrons. The van der Waals surface area contributed by atoms with E-state index in [0.717, 1.165) is 13.0 Å². The lowest BCUT2D eigenvalue weighted by molar-refractivity contribution is -0.376. The molecule has 2 rings (SSSR count). The van der Waals surface area contributed by atoms with Crippen molar-refractivity contribution in [2.45, 2.75) is 64.3 Å². The average molecular weight is 611 g/mol. The van der Waals surface area contributed by atoms with Crippen molar-refractivity contribution in [2.24, 2.45) is 0 Å². The maximum atomic E-state index is 13.1. The zero-order chi connectivity index (χ0) is 31.2. The monoisotopic (exact) mass is 610 g/mol. The van der Waals surface area contributed by atoms with E-state index in [0.29, 0.717) is 37.1 Å². The lowest BCUT2D eigenvalue weighted by Crippen LogP contribution is -2.57. The maximum absolute atomic E-state index is 13.1. The molecular formula is C25H31F9O5Si. The topological polar surface area (TPSA) is 68.2 Å². The largest absolute Gasteiger partial charge is 0.537 e. The third kappa shape index (κ3) is 7.76. The number of hydrogen-bond acceptors (Lipinski definition) is 5. The first-order valence-electron chi connectivity index (χ1n) is 11.9. The Balaban J connectivity index is 0.000000418. The molecule has 0 spiro atoms. The fourth-order valence-electron chi connectivity index (χ4n) is 3.48. The van der Waals surface area contributed by atoms with Crippen molar-refractivity contribution in [3.05, 3.63) is 65.2 Å². The first-order valence-corrected chi connectivity index (χ1v) is 13.6. The Kier molecular flexibility index (Phi) is 11.8. The van der Waals surface area contributed by atoms with Crippen LogP contribution in [-0.4, -0.2) is 57.4 Å². The van der Waals surface area contributed by atoms with Crippen LogP contribution in [0.25, 0.3) is 0 Å². The molecule has 0 saturated carbocycles. The molecule has 1 atom stereocenters. The molecule has 2 N–H and O–H groups in total. The molecule has 0 aromatic heterocycles. The summed E-state index contributed by atoms with van der Waals surface area (Å²) in [7, 11) is -3.32. The van der Waals surface area contributed by atoms with Crippen LogP contribution in [0.4, 0.5) is 39.5 Å². The van der Waals surface area contributed by atoms with Gasteiger partial charge in [0.1, 0.15) is 0 Å². The van der Waals surface area contributed by atoms with E-state index >= 15 is 0 Å². The zero-order valence-corrected chi connectivity index (χ0v) is 23.3. The normalized spacial score (nSPS) is 14.8. The third-order valence-corrected chi connectivity index (χ3v) is 8.61. The van der Waals surface area contributed by atoms with E-state index in [4.69, 9.17) is 18.4 Å². The predicted molar refractivity (Wildman–Crippen MR) is 130 cm³/mol. The molecule has 40 heavy (non-hydrogen) atoms. The molecule has 0 amide bonds. The van der Waals surface area contributed by atoms with Crippen LogP contribution in [0.5, 0.6) is 0 Å². The lowest BCUT2D eigenvalue weighted by atomic mass is 9.91. The Morgan fingerprint density at radius 3 is 1.45 bits per heavy atom. The van der Waals surface area contributed by atoms with Crippen LogP contribution < -0.4 is 5.19 Å². The van der Waals surface area contributed by atoms with E-state index < -0.39 is 44.1 Å². The number of hydrogen-bond donors (Lipinski definition) is 2. The van der Waals surface area contributed by atoms with E-state index in [1.54, 1.807) is 26.8 Å². The van der Waals surface area contributed by atoms with Crippen molar-refractivity contribution in [1.82, 2.24) is 0 Å². The minimum atomic E-state index is -5.83. The number of halogens is 9. The maximum Gasteiger partial charge on any atom is 0.537 e. The number of rotatable bonds is 9. The summed E-state index contributed by atoms with van der Waals surface area (Å²) < 4.78 is 131. The second kappa shape index (κ2) is 13.2. The van der Waals surface area contributed by atoms with Gasteiger partial charge in [-0.1, -0.05) is 48.0 Å². The molecule has 0 aliphatic heterocycles. The van der Waals surface area contributed by atoms with Gasteiger partial charge in [0.15, 0.2) is 5.60 Å². The highest BCUT2D eigenvalue weighted by molar-refractivity contribution is 6.75. The van der Waals surface area contributed by atoms with Gasteiger partial charge in [-0.05, 0) is 46.2 Å². The molecule has 2 aromatic carbocycles. The van der Waals surface area contributed by atoms with Gasteiger partial charge in [-0.25, -0.2) is 0 Å². The van der Waals surface area contributed by atoms with Crippen molar-refractivity contribution >= 4 is 14.0 Å². The molecule has 0 saturated heterocycles. The van der Waals surface area contributed by atoms with Gasteiger partial charge in [0, 0.05) is 30.6 Å². The average Bonchev–Trinajstić information content (AvgIpc) is 2.82. The van der Waals surface area contributed by atoms with Gasteiger partial charge >= 0.3 is 27.3 Å². The summed E-state index contributed by atoms with van der Waals surface area (Å²) in [6.45, 7) is 8.22. The van der Waals surface area contributed by atoms with Crippen molar-refractivity contribution in [2.75, 3.05) is 19.8 Å². The van der Waals surface area contributed by atoms with Crippen molar-refractivity contribution in [1.29, 1.82) is 0 Å². The van der Waals surface area contributed by atoms with Crippen LogP contribution in [-0.2, 0) is 24.5 Å². The van der Waals surface area contributed by atoms with Gasteiger partial charge in [0.05, 0.1) is 0 Å². The Hall–Kier alpha value is -2.17. The quantitative estimate of drug-likeness (QED) is 0.269. The lowest BCUT2D eigenvalue weighted by Gasteiger charge is -2.32. The molecule has 0 bridgehead atoms.